The van der Waals surface area contributed by atoms with Crippen molar-refractivity contribution in [2.24, 2.45) is 11.7 Å². The second-order valence-electron chi connectivity index (χ2n) is 14.8. The number of aromatic nitrogens is 1. The first-order valence-electron chi connectivity index (χ1n) is 19.9. The van der Waals surface area contributed by atoms with E-state index in [1.165, 1.54) is 18.3 Å². The molecule has 1 saturated heterocycles. The number of nitrogens with two attached hydrogens (primary N) is 1. The van der Waals surface area contributed by atoms with Gasteiger partial charge in [0, 0.05) is 44.7 Å². The molecule has 0 aliphatic carbocycles. The summed E-state index contributed by atoms with van der Waals surface area (Å²) in [6.45, 7) is 4.27. The van der Waals surface area contributed by atoms with Gasteiger partial charge >= 0.3 is 0 Å². The zero-order valence-electron chi connectivity index (χ0n) is 33.2. The summed E-state index contributed by atoms with van der Waals surface area (Å²) < 4.78 is 0. The molecule has 16 nitrogen and oxygen atoms in total. The monoisotopic (exact) mass is 799 g/mol. The quantitative estimate of drug-likeness (QED) is 0.142. The highest BCUT2D eigenvalue weighted by Crippen LogP contribution is 2.16. The fourth-order valence-corrected chi connectivity index (χ4v) is 6.50. The highest BCUT2D eigenvalue weighted by Gasteiger charge is 2.31. The maximum absolute atomic E-state index is 14.1. The van der Waals surface area contributed by atoms with Crippen LogP contribution >= 0.6 is 0 Å². The molecular weight excluding hydrogens is 743 g/mol. The molecule has 2 aromatic carbocycles. The van der Waals surface area contributed by atoms with Gasteiger partial charge in [-0.1, -0.05) is 74.5 Å². The molecular formula is C42H57N9O7. The van der Waals surface area contributed by atoms with Crippen LogP contribution < -0.4 is 43.0 Å². The second-order valence-corrected chi connectivity index (χ2v) is 14.8. The first-order chi connectivity index (χ1) is 27.9. The Kier molecular flexibility index (Phi) is 18.1. The summed E-state index contributed by atoms with van der Waals surface area (Å²) in [6.07, 6.45) is 3.81. The van der Waals surface area contributed by atoms with Gasteiger partial charge in [0.15, 0.2) is 5.69 Å². The van der Waals surface area contributed by atoms with Gasteiger partial charge in [-0.2, -0.15) is 0 Å². The van der Waals surface area contributed by atoms with Crippen molar-refractivity contribution in [2.75, 3.05) is 26.2 Å². The molecule has 58 heavy (non-hydrogen) atoms. The van der Waals surface area contributed by atoms with Crippen molar-refractivity contribution in [1.82, 2.24) is 42.2 Å². The average molecular weight is 800 g/mol. The molecule has 1 fully saturated rings. The number of nitrogens with zero attached hydrogens (tertiary/aromatic N) is 1. The Morgan fingerprint density at radius 3 is 2.24 bits per heavy atom. The number of carbonyl (C=O) groups excluding carboxylic acids is 6. The number of rotatable bonds is 10. The van der Waals surface area contributed by atoms with Crippen molar-refractivity contribution >= 4 is 35.4 Å². The number of carbonyl (C=O) groups is 6. The van der Waals surface area contributed by atoms with Gasteiger partial charge in [0.1, 0.15) is 23.9 Å². The summed E-state index contributed by atoms with van der Waals surface area (Å²) in [4.78, 5) is 85.9. The summed E-state index contributed by atoms with van der Waals surface area (Å²) in [6, 6.07) is 16.0. The number of amides is 6. The standard InChI is InChI=1S/C42H57N9O7/c1-27(2)23-31-39(55)49-32(24-28-13-5-3-6-14-28)38(54)45-21-10-9-19-35(53)51-36(29-15-7-4-8-16-29)41(57)47-26-33(40(56)48-30(25-46-31)17-11-20-43)50-42(58)37-34(52)18-12-22-44-37/h3-8,12-16,18,22,27,30-33,36,46,52H,9-11,17,19-21,23-26,43H2,1-2H3,(H,45,54)(H,47,57)(H,48,56)(H,49,55)(H,50,58)(H,51,53). The Balaban J connectivity index is 1.66. The lowest BCUT2D eigenvalue weighted by Crippen LogP contribution is -2.58. The molecule has 5 atom stereocenters. The van der Waals surface area contributed by atoms with Crippen molar-refractivity contribution in [3.8, 4) is 5.75 Å². The van der Waals surface area contributed by atoms with Crippen LogP contribution in [0.15, 0.2) is 79.0 Å². The van der Waals surface area contributed by atoms with Crippen LogP contribution in [0, 0.1) is 5.92 Å². The van der Waals surface area contributed by atoms with Crippen molar-refractivity contribution in [3.05, 3.63) is 95.8 Å². The molecule has 5 unspecified atom stereocenters. The van der Waals surface area contributed by atoms with Crippen molar-refractivity contribution in [2.45, 2.75) is 89.0 Å². The minimum absolute atomic E-state index is 0.0536. The molecule has 1 aliphatic heterocycles. The number of benzene rings is 2. The zero-order valence-corrected chi connectivity index (χ0v) is 33.2. The molecule has 4 rings (SSSR count). The number of aromatic hydroxyl groups is 1. The van der Waals surface area contributed by atoms with Gasteiger partial charge in [0.2, 0.25) is 29.5 Å². The van der Waals surface area contributed by atoms with E-state index in [1.54, 1.807) is 30.3 Å². The number of pyridine rings is 1. The third-order valence-electron chi connectivity index (χ3n) is 9.59. The van der Waals surface area contributed by atoms with Crippen LogP contribution in [0.1, 0.15) is 80.0 Å². The van der Waals surface area contributed by atoms with Crippen LogP contribution in [0.25, 0.3) is 0 Å². The van der Waals surface area contributed by atoms with E-state index < -0.39 is 59.6 Å². The van der Waals surface area contributed by atoms with E-state index in [1.807, 2.05) is 44.2 Å². The lowest BCUT2D eigenvalue weighted by Gasteiger charge is -2.28. The van der Waals surface area contributed by atoms with E-state index in [-0.39, 0.29) is 55.9 Å². The lowest BCUT2D eigenvalue weighted by atomic mass is 10.0. The maximum atomic E-state index is 14.1. The number of hydrogen-bond donors (Lipinski definition) is 9. The van der Waals surface area contributed by atoms with E-state index in [4.69, 9.17) is 5.73 Å². The van der Waals surface area contributed by atoms with Crippen LogP contribution in [0.5, 0.6) is 5.75 Å². The van der Waals surface area contributed by atoms with E-state index >= 15 is 0 Å². The Bertz CT molecular complexity index is 1810. The third-order valence-corrected chi connectivity index (χ3v) is 9.59. The predicted molar refractivity (Wildman–Crippen MR) is 218 cm³/mol. The van der Waals surface area contributed by atoms with Crippen LogP contribution in [0.4, 0.5) is 0 Å². The van der Waals surface area contributed by atoms with Gasteiger partial charge < -0.3 is 48.1 Å². The summed E-state index contributed by atoms with van der Waals surface area (Å²) in [7, 11) is 0. The Morgan fingerprint density at radius 2 is 1.55 bits per heavy atom. The van der Waals surface area contributed by atoms with Crippen molar-refractivity contribution in [1.29, 1.82) is 0 Å². The fourth-order valence-electron chi connectivity index (χ4n) is 6.50. The van der Waals surface area contributed by atoms with Gasteiger partial charge in [-0.15, -0.1) is 0 Å². The molecule has 3 aromatic rings. The van der Waals surface area contributed by atoms with Gasteiger partial charge in [-0.25, -0.2) is 4.98 Å². The zero-order chi connectivity index (χ0) is 41.9. The van der Waals surface area contributed by atoms with E-state index in [0.717, 1.165) is 5.56 Å². The van der Waals surface area contributed by atoms with Gasteiger partial charge in [0.05, 0.1) is 6.04 Å². The molecule has 0 bridgehead atoms. The van der Waals surface area contributed by atoms with Crippen molar-refractivity contribution < 1.29 is 33.9 Å². The Morgan fingerprint density at radius 1 is 0.828 bits per heavy atom. The predicted octanol–water partition coefficient (Wildman–Crippen LogP) is 1.11. The topological polar surface area (TPSA) is 246 Å². The van der Waals surface area contributed by atoms with Gasteiger partial charge in [0.25, 0.3) is 5.91 Å². The summed E-state index contributed by atoms with van der Waals surface area (Å²) in [5.74, 6) is -3.64. The molecule has 6 amide bonds. The van der Waals surface area contributed by atoms with E-state index in [9.17, 15) is 33.9 Å². The van der Waals surface area contributed by atoms with Crippen molar-refractivity contribution in [3.63, 3.8) is 0 Å². The van der Waals surface area contributed by atoms with Gasteiger partial charge in [-0.3, -0.25) is 28.8 Å². The molecule has 10 N–H and O–H groups in total. The fraction of sp³-hybridized carbons (Fsp3) is 0.452. The molecule has 1 aromatic heterocycles. The SMILES string of the molecule is CC(C)CC1NCC(CCCN)NC(=O)C(NC(=O)c2ncccc2O)CNC(=O)C(c2ccccc2)NC(=O)CCCCNC(=O)C(Cc2ccccc2)NC1=O. The highest BCUT2D eigenvalue weighted by atomic mass is 16.3. The number of nitrogens with one attached hydrogen (secondary N) is 7. The van der Waals surface area contributed by atoms with Crippen LogP contribution in [0.2, 0.25) is 0 Å². The number of hydrogen-bond acceptors (Lipinski definition) is 10. The third kappa shape index (κ3) is 14.6. The van der Waals surface area contributed by atoms with Crippen LogP contribution in [-0.4, -0.2) is 95.9 Å². The molecule has 0 radical (unpaired) electrons. The normalized spacial score (nSPS) is 22.2. The molecule has 2 heterocycles. The molecule has 0 spiro atoms. The maximum Gasteiger partial charge on any atom is 0.274 e. The molecule has 1 aliphatic rings. The summed E-state index contributed by atoms with van der Waals surface area (Å²) >= 11 is 0. The Labute approximate surface area is 339 Å². The van der Waals surface area contributed by atoms with Crippen LogP contribution in [0.3, 0.4) is 0 Å². The molecule has 0 saturated carbocycles. The largest absolute Gasteiger partial charge is 0.505 e. The average Bonchev–Trinajstić information content (AvgIpc) is 3.21. The minimum atomic E-state index is -1.37. The van der Waals surface area contributed by atoms with Gasteiger partial charge in [-0.05, 0) is 67.8 Å². The first-order valence-corrected chi connectivity index (χ1v) is 19.9. The smallest absolute Gasteiger partial charge is 0.274 e. The Hall–Kier alpha value is -5.87. The molecule has 312 valence electrons. The van der Waals surface area contributed by atoms with E-state index in [0.29, 0.717) is 44.2 Å². The lowest BCUT2D eigenvalue weighted by molar-refractivity contribution is -0.130. The summed E-state index contributed by atoms with van der Waals surface area (Å²) in [5, 5.41) is 30.5. The van der Waals surface area contributed by atoms with Crippen LogP contribution in [-0.2, 0) is 30.4 Å². The van der Waals surface area contributed by atoms with E-state index in [2.05, 4.69) is 42.2 Å². The first kappa shape index (κ1) is 44.8. The minimum Gasteiger partial charge on any atom is -0.505 e. The second kappa shape index (κ2) is 23.4. The highest BCUT2D eigenvalue weighted by molar-refractivity contribution is 5.98. The summed E-state index contributed by atoms with van der Waals surface area (Å²) in [5.41, 5.74) is 6.89. The molecule has 16 heteroatoms.